The molecule has 8 heteroatoms. The van der Waals surface area contributed by atoms with Crippen LogP contribution in [0.15, 0.2) is 88.4 Å². The lowest BCUT2D eigenvalue weighted by Crippen LogP contribution is -2.21. The fraction of sp³-hybridized carbons (Fsp3) is 0.0800. The smallest absolute Gasteiger partial charge is 0.282 e. The number of hydrogen-bond acceptors (Lipinski definition) is 6. The van der Waals surface area contributed by atoms with Gasteiger partial charge in [0.15, 0.2) is 0 Å². The maximum atomic E-state index is 13.5. The van der Waals surface area contributed by atoms with Crippen LogP contribution >= 0.6 is 34.7 Å². The molecule has 0 saturated heterocycles. The highest BCUT2D eigenvalue weighted by molar-refractivity contribution is 8.00. The molecule has 0 atom stereocenters. The zero-order valence-electron chi connectivity index (χ0n) is 17.6. The Morgan fingerprint density at radius 3 is 2.61 bits per heavy atom. The second-order valence-corrected chi connectivity index (χ2v) is 9.66. The predicted octanol–water partition coefficient (Wildman–Crippen LogP) is 6.54. The van der Waals surface area contributed by atoms with E-state index in [4.69, 9.17) is 21.4 Å². The fourth-order valence-electron chi connectivity index (χ4n) is 3.41. The molecule has 5 nitrogen and oxygen atoms in total. The first kappa shape index (κ1) is 21.7. The average Bonchev–Trinajstić information content (AvgIpc) is 3.40. The monoisotopic (exact) mass is 491 g/mol. The van der Waals surface area contributed by atoms with Crippen molar-refractivity contribution in [2.45, 2.75) is 4.90 Å². The first-order chi connectivity index (χ1) is 16.1. The Balaban J connectivity index is 1.52. The normalized spacial score (nSPS) is 14.8. The fourth-order valence-corrected chi connectivity index (χ4v) is 5.30. The van der Waals surface area contributed by atoms with Crippen LogP contribution in [0.5, 0.6) is 5.75 Å². The Labute approximate surface area is 204 Å². The van der Waals surface area contributed by atoms with Gasteiger partial charge in [0.25, 0.3) is 5.91 Å². The zero-order chi connectivity index (χ0) is 22.8. The van der Waals surface area contributed by atoms with E-state index in [2.05, 4.69) is 4.98 Å². The number of benzene rings is 3. The summed E-state index contributed by atoms with van der Waals surface area (Å²) >= 11 is 9.05. The van der Waals surface area contributed by atoms with Gasteiger partial charge in [-0.15, -0.1) is 11.8 Å². The number of halogens is 1. The van der Waals surface area contributed by atoms with Crippen LogP contribution in [0, 0.1) is 0 Å². The Morgan fingerprint density at radius 2 is 1.82 bits per heavy atom. The largest absolute Gasteiger partial charge is 0.496 e. The van der Waals surface area contributed by atoms with E-state index in [1.165, 1.54) is 16.3 Å². The number of rotatable bonds is 6. The first-order valence-corrected chi connectivity index (χ1v) is 12.3. The van der Waals surface area contributed by atoms with Crippen molar-refractivity contribution >= 4 is 67.7 Å². The van der Waals surface area contributed by atoms with E-state index in [1.807, 2.05) is 78.9 Å². The molecule has 5 rings (SSSR count). The maximum absolute atomic E-state index is 13.5. The average molecular weight is 492 g/mol. The summed E-state index contributed by atoms with van der Waals surface area (Å²) in [4.78, 5) is 19.2. The van der Waals surface area contributed by atoms with Crippen molar-refractivity contribution in [1.29, 1.82) is 0 Å². The number of hydrazone groups is 1. The number of para-hydroxylation sites is 2. The number of fused-ring (bicyclic) bond motifs is 1. The van der Waals surface area contributed by atoms with Gasteiger partial charge in [0, 0.05) is 21.2 Å². The summed E-state index contributed by atoms with van der Waals surface area (Å²) in [7, 11) is 1.62. The summed E-state index contributed by atoms with van der Waals surface area (Å²) in [5, 5.41) is 7.34. The lowest BCUT2D eigenvalue weighted by Gasteiger charge is -2.08. The molecule has 0 radical (unpaired) electrons. The molecule has 33 heavy (non-hydrogen) atoms. The topological polar surface area (TPSA) is 54.8 Å². The highest BCUT2D eigenvalue weighted by atomic mass is 35.5. The van der Waals surface area contributed by atoms with Gasteiger partial charge in [0.1, 0.15) is 5.75 Å². The minimum absolute atomic E-state index is 0.202. The van der Waals surface area contributed by atoms with Crippen molar-refractivity contribution in [3.05, 3.63) is 89.0 Å². The Bertz CT molecular complexity index is 1360. The van der Waals surface area contributed by atoms with Gasteiger partial charge in [-0.1, -0.05) is 53.3 Å². The molecular weight excluding hydrogens is 474 g/mol. The van der Waals surface area contributed by atoms with Crippen LogP contribution in [0.2, 0.25) is 5.02 Å². The van der Waals surface area contributed by atoms with E-state index < -0.39 is 0 Å². The number of hydrogen-bond donors (Lipinski definition) is 0. The van der Waals surface area contributed by atoms with Gasteiger partial charge in [-0.3, -0.25) is 4.79 Å². The molecule has 164 valence electrons. The van der Waals surface area contributed by atoms with Crippen LogP contribution in [-0.4, -0.2) is 29.5 Å². The van der Waals surface area contributed by atoms with Crippen molar-refractivity contribution < 1.29 is 9.53 Å². The van der Waals surface area contributed by atoms with Crippen molar-refractivity contribution in [3.8, 4) is 5.75 Å². The highest BCUT2D eigenvalue weighted by Crippen LogP contribution is 2.34. The Morgan fingerprint density at radius 1 is 1.06 bits per heavy atom. The number of thiazole rings is 1. The second-order valence-electron chi connectivity index (χ2n) is 7.17. The van der Waals surface area contributed by atoms with Gasteiger partial charge >= 0.3 is 0 Å². The molecule has 0 spiro atoms. The molecule has 3 aromatic carbocycles. The number of aromatic nitrogens is 1. The standard InChI is InChI=1S/C25H18ClN3O2S2/c1-31-22-8-4-2-6-16(22)14-19-21(15-32-18-12-10-17(26)11-13-18)28-29(24(19)30)25-27-20-7-3-5-9-23(20)33-25/h2-14H,15H2,1H3/b19-14-. The summed E-state index contributed by atoms with van der Waals surface area (Å²) in [5.41, 5.74) is 2.88. The molecule has 0 aliphatic carbocycles. The van der Waals surface area contributed by atoms with E-state index >= 15 is 0 Å². The minimum atomic E-state index is -0.202. The summed E-state index contributed by atoms with van der Waals surface area (Å²) in [6.07, 6.45) is 1.84. The predicted molar refractivity (Wildman–Crippen MR) is 138 cm³/mol. The number of nitrogens with zero attached hydrogens (tertiary/aromatic N) is 3. The third kappa shape index (κ3) is 4.53. The molecule has 1 amide bonds. The number of ether oxygens (including phenoxy) is 1. The van der Waals surface area contributed by atoms with E-state index in [-0.39, 0.29) is 5.91 Å². The molecule has 1 aromatic heterocycles. The van der Waals surface area contributed by atoms with Gasteiger partial charge in [0.05, 0.1) is 28.6 Å². The van der Waals surface area contributed by atoms with Gasteiger partial charge in [0.2, 0.25) is 5.13 Å². The molecule has 0 saturated carbocycles. The molecule has 1 aliphatic heterocycles. The van der Waals surface area contributed by atoms with Crippen molar-refractivity contribution in [2.75, 3.05) is 17.9 Å². The number of carbonyl (C=O) groups is 1. The van der Waals surface area contributed by atoms with Crippen molar-refractivity contribution in [1.82, 2.24) is 4.98 Å². The van der Waals surface area contributed by atoms with E-state index in [9.17, 15) is 4.79 Å². The number of anilines is 1. The van der Waals surface area contributed by atoms with Crippen LogP contribution < -0.4 is 9.75 Å². The SMILES string of the molecule is COc1ccccc1/C=C1\C(=O)N(c2nc3ccccc3s2)N=C1CSc1ccc(Cl)cc1. The van der Waals surface area contributed by atoms with E-state index in [0.29, 0.717) is 32.9 Å². The van der Waals surface area contributed by atoms with E-state index in [1.54, 1.807) is 18.9 Å². The highest BCUT2D eigenvalue weighted by Gasteiger charge is 2.33. The maximum Gasteiger partial charge on any atom is 0.282 e. The van der Waals surface area contributed by atoms with Crippen LogP contribution in [-0.2, 0) is 4.79 Å². The van der Waals surface area contributed by atoms with Crippen LogP contribution in [0.25, 0.3) is 16.3 Å². The summed E-state index contributed by atoms with van der Waals surface area (Å²) in [6, 6.07) is 23.0. The molecule has 1 aliphatic rings. The molecule has 0 fully saturated rings. The molecule has 0 unspecified atom stereocenters. The number of thioether (sulfide) groups is 1. The van der Waals surface area contributed by atoms with Crippen LogP contribution in [0.4, 0.5) is 5.13 Å². The zero-order valence-corrected chi connectivity index (χ0v) is 20.0. The lowest BCUT2D eigenvalue weighted by atomic mass is 10.1. The number of methoxy groups -OCH3 is 1. The number of amides is 1. The quantitative estimate of drug-likeness (QED) is 0.227. The Kier molecular flexibility index (Phi) is 6.17. The number of carbonyl (C=O) groups excluding carboxylic acids is 1. The van der Waals surface area contributed by atoms with Gasteiger partial charge in [-0.05, 0) is 48.5 Å². The lowest BCUT2D eigenvalue weighted by molar-refractivity contribution is -0.114. The van der Waals surface area contributed by atoms with Gasteiger partial charge < -0.3 is 4.74 Å². The third-order valence-corrected chi connectivity index (χ3v) is 7.33. The molecule has 0 bridgehead atoms. The van der Waals surface area contributed by atoms with Crippen LogP contribution in [0.1, 0.15) is 5.56 Å². The molecule has 4 aromatic rings. The van der Waals surface area contributed by atoms with Crippen LogP contribution in [0.3, 0.4) is 0 Å². The molecular formula is C25H18ClN3O2S2. The summed E-state index contributed by atoms with van der Waals surface area (Å²) in [5.74, 6) is 1.02. The van der Waals surface area contributed by atoms with Gasteiger partial charge in [-0.2, -0.15) is 10.1 Å². The Hall–Kier alpha value is -3.13. The summed E-state index contributed by atoms with van der Waals surface area (Å²) < 4.78 is 6.49. The van der Waals surface area contributed by atoms with Crippen molar-refractivity contribution in [3.63, 3.8) is 0 Å². The first-order valence-electron chi connectivity index (χ1n) is 10.1. The second kappa shape index (κ2) is 9.39. The molecule has 0 N–H and O–H groups in total. The van der Waals surface area contributed by atoms with E-state index in [0.717, 1.165) is 20.7 Å². The summed E-state index contributed by atoms with van der Waals surface area (Å²) in [6.45, 7) is 0. The van der Waals surface area contributed by atoms with Gasteiger partial charge in [-0.25, -0.2) is 4.98 Å². The van der Waals surface area contributed by atoms with Crippen molar-refractivity contribution in [2.24, 2.45) is 5.10 Å². The third-order valence-electron chi connectivity index (χ3n) is 5.05. The minimum Gasteiger partial charge on any atom is -0.496 e. The molecule has 2 heterocycles.